The zero-order valence-electron chi connectivity index (χ0n) is 7.52. The van der Waals surface area contributed by atoms with Gasteiger partial charge in [0.1, 0.15) is 0 Å². The van der Waals surface area contributed by atoms with Crippen molar-refractivity contribution in [3.63, 3.8) is 0 Å². The van der Waals surface area contributed by atoms with Crippen molar-refractivity contribution in [3.05, 3.63) is 0 Å². The van der Waals surface area contributed by atoms with Crippen molar-refractivity contribution >= 4 is 7.60 Å². The van der Waals surface area contributed by atoms with Gasteiger partial charge in [-0.2, -0.15) is 0 Å². The molecule has 0 heterocycles. The molecule has 0 aromatic carbocycles. The van der Waals surface area contributed by atoms with E-state index < -0.39 is 13.8 Å². The van der Waals surface area contributed by atoms with E-state index in [4.69, 9.17) is 15.8 Å². The summed E-state index contributed by atoms with van der Waals surface area (Å²) < 4.78 is 15.9. The van der Waals surface area contributed by atoms with Gasteiger partial charge in [0.2, 0.25) is 0 Å². The van der Waals surface area contributed by atoms with Gasteiger partial charge >= 0.3 is 7.60 Å². The van der Waals surface area contributed by atoms with Crippen molar-refractivity contribution in [1.29, 1.82) is 0 Å². The fourth-order valence-electron chi connectivity index (χ4n) is 0.504. The zero-order valence-corrected chi connectivity index (χ0v) is 8.41. The summed E-state index contributed by atoms with van der Waals surface area (Å²) in [6, 6.07) is 0. The van der Waals surface area contributed by atoms with Gasteiger partial charge in [-0.15, -0.1) is 6.42 Å². The molecule has 12 heavy (non-hydrogen) atoms. The van der Waals surface area contributed by atoms with Crippen molar-refractivity contribution in [2.75, 3.05) is 20.3 Å². The third-order valence-corrected chi connectivity index (χ3v) is 2.60. The summed E-state index contributed by atoms with van der Waals surface area (Å²) in [4.78, 5) is 10.6. The van der Waals surface area contributed by atoms with Gasteiger partial charge < -0.3 is 4.89 Å². The molecule has 70 valence electrons. The van der Waals surface area contributed by atoms with E-state index in [2.05, 4.69) is 5.92 Å². The molecule has 0 aliphatic carbocycles. The van der Waals surface area contributed by atoms with Crippen LogP contribution in [0.1, 0.15) is 6.92 Å². The summed E-state index contributed by atoms with van der Waals surface area (Å²) >= 11 is 0. The van der Waals surface area contributed by atoms with Crippen LogP contribution < -0.4 is 0 Å². The standard InChI is InChI=1S/C7H14NO3P/c1-5-7(8(3)4)11-12(9,10)6-2/h1,7H,6H2,2-4H3,(H,9,10). The first-order chi connectivity index (χ1) is 5.43. The second-order valence-corrected chi connectivity index (χ2v) is 4.66. The van der Waals surface area contributed by atoms with E-state index in [-0.39, 0.29) is 6.16 Å². The molecular formula is C7H14NO3P. The minimum atomic E-state index is -3.48. The molecule has 0 radical (unpaired) electrons. The van der Waals surface area contributed by atoms with E-state index in [1.165, 1.54) is 0 Å². The lowest BCUT2D eigenvalue weighted by atomic mass is 10.5. The van der Waals surface area contributed by atoms with Gasteiger partial charge in [0.25, 0.3) is 0 Å². The van der Waals surface area contributed by atoms with E-state index in [0.29, 0.717) is 0 Å². The molecule has 5 heteroatoms. The van der Waals surface area contributed by atoms with Gasteiger partial charge in [0.05, 0.1) is 0 Å². The van der Waals surface area contributed by atoms with Crippen LogP contribution in [0.25, 0.3) is 0 Å². The van der Waals surface area contributed by atoms with Crippen molar-refractivity contribution < 1.29 is 14.0 Å². The number of hydrogen-bond acceptors (Lipinski definition) is 3. The smallest absolute Gasteiger partial charge is 0.324 e. The molecule has 0 saturated carbocycles. The maximum Gasteiger partial charge on any atom is 0.330 e. The van der Waals surface area contributed by atoms with Crippen LogP contribution in [0.2, 0.25) is 0 Å². The molecule has 0 aliphatic heterocycles. The highest BCUT2D eigenvalue weighted by Crippen LogP contribution is 2.42. The lowest BCUT2D eigenvalue weighted by Crippen LogP contribution is -2.28. The minimum Gasteiger partial charge on any atom is -0.324 e. The summed E-state index contributed by atoms with van der Waals surface area (Å²) in [7, 11) is -0.123. The maximum atomic E-state index is 11.1. The monoisotopic (exact) mass is 191 g/mol. The highest BCUT2D eigenvalue weighted by atomic mass is 31.2. The van der Waals surface area contributed by atoms with Gasteiger partial charge in [-0.1, -0.05) is 12.8 Å². The highest BCUT2D eigenvalue weighted by molar-refractivity contribution is 7.52. The van der Waals surface area contributed by atoms with Crippen LogP contribution in [-0.4, -0.2) is 36.3 Å². The molecular weight excluding hydrogens is 177 g/mol. The first-order valence-corrected chi connectivity index (χ1v) is 5.32. The Labute approximate surface area is 73.1 Å². The topological polar surface area (TPSA) is 49.8 Å². The summed E-state index contributed by atoms with van der Waals surface area (Å²) in [5.41, 5.74) is 0. The average molecular weight is 191 g/mol. The molecule has 1 N–H and O–H groups in total. The predicted octanol–water partition coefficient (Wildman–Crippen LogP) is 0.729. The fourth-order valence-corrected chi connectivity index (χ4v) is 1.21. The third kappa shape index (κ3) is 3.89. The molecule has 0 amide bonds. The summed E-state index contributed by atoms with van der Waals surface area (Å²) in [6.07, 6.45) is 4.42. The lowest BCUT2D eigenvalue weighted by Gasteiger charge is -2.21. The predicted molar refractivity (Wildman–Crippen MR) is 47.8 cm³/mol. The quantitative estimate of drug-likeness (QED) is 0.404. The van der Waals surface area contributed by atoms with Crippen molar-refractivity contribution in [2.24, 2.45) is 0 Å². The Hall–Kier alpha value is -0.330. The molecule has 0 fully saturated rings. The molecule has 0 spiro atoms. The summed E-state index contributed by atoms with van der Waals surface area (Å²) in [6.45, 7) is 1.57. The van der Waals surface area contributed by atoms with Crippen LogP contribution in [0.5, 0.6) is 0 Å². The Morgan fingerprint density at radius 2 is 2.25 bits per heavy atom. The lowest BCUT2D eigenvalue weighted by molar-refractivity contribution is 0.101. The van der Waals surface area contributed by atoms with Crippen molar-refractivity contribution in [3.8, 4) is 12.3 Å². The van der Waals surface area contributed by atoms with Crippen LogP contribution >= 0.6 is 7.60 Å². The second kappa shape index (κ2) is 4.64. The van der Waals surface area contributed by atoms with Crippen molar-refractivity contribution in [1.82, 2.24) is 4.90 Å². The van der Waals surface area contributed by atoms with E-state index >= 15 is 0 Å². The molecule has 2 atom stereocenters. The normalized spacial score (nSPS) is 18.3. The SMILES string of the molecule is C#CC(OP(=O)(O)CC)N(C)C. The number of rotatable bonds is 4. The largest absolute Gasteiger partial charge is 0.330 e. The average Bonchev–Trinajstić information content (AvgIpc) is 2.00. The molecule has 2 unspecified atom stereocenters. The van der Waals surface area contributed by atoms with E-state index in [9.17, 15) is 4.57 Å². The Morgan fingerprint density at radius 1 is 1.75 bits per heavy atom. The minimum absolute atomic E-state index is 0.0685. The van der Waals surface area contributed by atoms with Gasteiger partial charge in [0, 0.05) is 6.16 Å². The fraction of sp³-hybridized carbons (Fsp3) is 0.714. The zero-order chi connectivity index (χ0) is 9.78. The Bertz CT molecular complexity index is 221. The Kier molecular flexibility index (Phi) is 4.51. The molecule has 0 aliphatic rings. The number of terminal acetylenes is 1. The molecule has 0 aromatic heterocycles. The molecule has 0 saturated heterocycles. The molecule has 4 nitrogen and oxygen atoms in total. The number of hydrogen-bond donors (Lipinski definition) is 1. The third-order valence-electron chi connectivity index (χ3n) is 1.28. The van der Waals surface area contributed by atoms with E-state index in [1.807, 2.05) is 0 Å². The molecule has 0 aromatic rings. The van der Waals surface area contributed by atoms with Crippen LogP contribution in [-0.2, 0) is 9.09 Å². The van der Waals surface area contributed by atoms with Gasteiger partial charge in [-0.05, 0) is 14.1 Å². The van der Waals surface area contributed by atoms with Crippen LogP contribution in [0.15, 0.2) is 0 Å². The Morgan fingerprint density at radius 3 is 2.50 bits per heavy atom. The van der Waals surface area contributed by atoms with Gasteiger partial charge in [-0.25, -0.2) is 0 Å². The maximum absolute atomic E-state index is 11.1. The summed E-state index contributed by atoms with van der Waals surface area (Å²) in [5, 5.41) is 0. The van der Waals surface area contributed by atoms with Crippen LogP contribution in [0.3, 0.4) is 0 Å². The van der Waals surface area contributed by atoms with Crippen LogP contribution in [0.4, 0.5) is 0 Å². The second-order valence-electron chi connectivity index (χ2n) is 2.54. The van der Waals surface area contributed by atoms with Crippen molar-refractivity contribution in [2.45, 2.75) is 13.2 Å². The highest BCUT2D eigenvalue weighted by Gasteiger charge is 2.22. The van der Waals surface area contributed by atoms with Gasteiger partial charge in [0.15, 0.2) is 6.23 Å². The van der Waals surface area contributed by atoms with E-state index in [0.717, 1.165) is 0 Å². The van der Waals surface area contributed by atoms with Gasteiger partial charge in [-0.3, -0.25) is 14.0 Å². The van der Waals surface area contributed by atoms with Crippen LogP contribution in [0, 0.1) is 12.3 Å². The molecule has 0 rings (SSSR count). The first-order valence-electron chi connectivity index (χ1n) is 3.55. The summed E-state index contributed by atoms with van der Waals surface area (Å²) in [5.74, 6) is 2.26. The molecule has 0 bridgehead atoms. The first kappa shape index (κ1) is 11.7. The Balaban J connectivity index is 4.24. The van der Waals surface area contributed by atoms with E-state index in [1.54, 1.807) is 25.9 Å². The number of nitrogens with zero attached hydrogens (tertiary/aromatic N) is 1.